The lowest BCUT2D eigenvalue weighted by Gasteiger charge is -2.11. The average Bonchev–Trinajstić information content (AvgIpc) is 2.40. The molecule has 2 aromatic rings. The summed E-state index contributed by atoms with van der Waals surface area (Å²) in [6, 6.07) is 9.69. The average molecular weight is 395 g/mol. The van der Waals surface area contributed by atoms with Crippen molar-refractivity contribution in [3.63, 3.8) is 0 Å². The van der Waals surface area contributed by atoms with Crippen LogP contribution < -0.4 is 4.72 Å². The molecule has 2 aromatic carbocycles. The molecule has 0 amide bonds. The van der Waals surface area contributed by atoms with E-state index in [9.17, 15) is 8.42 Å². The molecule has 0 saturated carbocycles. The van der Waals surface area contributed by atoms with Crippen molar-refractivity contribution < 1.29 is 8.42 Å². The predicted molar refractivity (Wildman–Crippen MR) is 86.1 cm³/mol. The minimum absolute atomic E-state index is 0.150. The van der Waals surface area contributed by atoms with Crippen molar-refractivity contribution in [2.75, 3.05) is 4.72 Å². The smallest absolute Gasteiger partial charge is 0.261 e. The molecule has 0 unspecified atom stereocenters. The van der Waals surface area contributed by atoms with Gasteiger partial charge in [-0.2, -0.15) is 0 Å². The van der Waals surface area contributed by atoms with Gasteiger partial charge in [-0.25, -0.2) is 8.42 Å². The van der Waals surface area contributed by atoms with E-state index in [0.717, 1.165) is 5.56 Å². The van der Waals surface area contributed by atoms with Gasteiger partial charge in [0.1, 0.15) is 0 Å². The van der Waals surface area contributed by atoms with Crippen molar-refractivity contribution in [2.24, 2.45) is 0 Å². The van der Waals surface area contributed by atoms with Crippen molar-refractivity contribution in [1.29, 1.82) is 0 Å². The van der Waals surface area contributed by atoms with Crippen LogP contribution in [0.4, 0.5) is 5.69 Å². The van der Waals surface area contributed by atoms with Crippen LogP contribution in [-0.2, 0) is 10.0 Å². The largest absolute Gasteiger partial charge is 0.278 e. The summed E-state index contributed by atoms with van der Waals surface area (Å²) < 4.78 is 27.5. The number of anilines is 1. The topological polar surface area (TPSA) is 46.2 Å². The van der Waals surface area contributed by atoms with Gasteiger partial charge < -0.3 is 0 Å². The molecule has 0 bridgehead atoms. The first-order valence-electron chi connectivity index (χ1n) is 5.54. The molecule has 7 heteroatoms. The predicted octanol–water partition coefficient (Wildman–Crippen LogP) is 4.87. The number of halogens is 3. The van der Waals surface area contributed by atoms with Gasteiger partial charge in [0.05, 0.1) is 20.6 Å². The quantitative estimate of drug-likeness (QED) is 0.755. The highest BCUT2D eigenvalue weighted by Crippen LogP contribution is 2.36. The van der Waals surface area contributed by atoms with E-state index in [-0.39, 0.29) is 20.6 Å². The van der Waals surface area contributed by atoms with E-state index in [2.05, 4.69) is 20.7 Å². The molecule has 3 nitrogen and oxygen atoms in total. The highest BCUT2D eigenvalue weighted by atomic mass is 79.9. The van der Waals surface area contributed by atoms with Gasteiger partial charge in [0.15, 0.2) is 0 Å². The summed E-state index contributed by atoms with van der Waals surface area (Å²) in [5.74, 6) is 0. The van der Waals surface area contributed by atoms with Gasteiger partial charge in [-0.3, -0.25) is 4.72 Å². The molecular formula is C13H10BrCl2NO2S. The second-order valence-corrected chi connectivity index (χ2v) is 7.43. The number of aryl methyl sites for hydroxylation is 1. The fraction of sp³-hybridized carbons (Fsp3) is 0.0769. The number of hydrogen-bond acceptors (Lipinski definition) is 2. The van der Waals surface area contributed by atoms with E-state index in [4.69, 9.17) is 23.2 Å². The van der Waals surface area contributed by atoms with Gasteiger partial charge in [-0.15, -0.1) is 0 Å². The number of rotatable bonds is 3. The molecule has 20 heavy (non-hydrogen) atoms. The zero-order valence-electron chi connectivity index (χ0n) is 10.3. The lowest BCUT2D eigenvalue weighted by molar-refractivity contribution is 0.601. The van der Waals surface area contributed by atoms with E-state index in [1.165, 1.54) is 12.1 Å². The standard InChI is InChI=1S/C13H10BrCl2NO2S/c1-8-2-4-9(5-3-8)20(18,19)17-11-7-6-10(14)12(15)13(11)16/h2-7,17H,1H3. The second-order valence-electron chi connectivity index (χ2n) is 4.14. The minimum atomic E-state index is -3.69. The first kappa shape index (κ1) is 15.6. The summed E-state index contributed by atoms with van der Waals surface area (Å²) in [6.07, 6.45) is 0. The molecule has 0 aromatic heterocycles. The van der Waals surface area contributed by atoms with E-state index in [0.29, 0.717) is 4.47 Å². The fourth-order valence-corrected chi connectivity index (χ4v) is 3.48. The Hall–Kier alpha value is -0.750. The molecule has 106 valence electrons. The van der Waals surface area contributed by atoms with E-state index in [1.54, 1.807) is 24.3 Å². The zero-order chi connectivity index (χ0) is 14.9. The molecule has 0 aliphatic heterocycles. The second kappa shape index (κ2) is 5.93. The number of benzene rings is 2. The van der Waals surface area contributed by atoms with Gasteiger partial charge in [-0.05, 0) is 47.1 Å². The molecule has 0 heterocycles. The van der Waals surface area contributed by atoms with E-state index < -0.39 is 10.0 Å². The molecule has 0 fully saturated rings. The summed E-state index contributed by atoms with van der Waals surface area (Å²) in [6.45, 7) is 1.88. The Labute approximate surface area is 136 Å². The Kier molecular flexibility index (Phi) is 4.64. The molecule has 0 spiro atoms. The normalized spacial score (nSPS) is 11.4. The van der Waals surface area contributed by atoms with E-state index in [1.807, 2.05) is 6.92 Å². The van der Waals surface area contributed by atoms with Crippen LogP contribution in [0.25, 0.3) is 0 Å². The fourth-order valence-electron chi connectivity index (χ4n) is 1.53. The third kappa shape index (κ3) is 3.28. The van der Waals surface area contributed by atoms with Crippen LogP contribution in [0.3, 0.4) is 0 Å². The molecule has 0 atom stereocenters. The van der Waals surface area contributed by atoms with Gasteiger partial charge in [-0.1, -0.05) is 40.9 Å². The highest BCUT2D eigenvalue weighted by Gasteiger charge is 2.17. The Balaban J connectivity index is 2.38. The van der Waals surface area contributed by atoms with Crippen LogP contribution in [-0.4, -0.2) is 8.42 Å². The van der Waals surface area contributed by atoms with Crippen LogP contribution >= 0.6 is 39.1 Å². The SMILES string of the molecule is Cc1ccc(S(=O)(=O)Nc2ccc(Br)c(Cl)c2Cl)cc1. The molecule has 0 aliphatic carbocycles. The number of sulfonamides is 1. The monoisotopic (exact) mass is 393 g/mol. The van der Waals surface area contributed by atoms with Gasteiger partial charge in [0.2, 0.25) is 0 Å². The zero-order valence-corrected chi connectivity index (χ0v) is 14.2. The first-order chi connectivity index (χ1) is 9.31. The summed E-state index contributed by atoms with van der Waals surface area (Å²) in [4.78, 5) is 0.165. The Bertz CT molecular complexity index is 746. The van der Waals surface area contributed by atoms with Crippen LogP contribution in [0.1, 0.15) is 5.56 Å². The molecule has 2 rings (SSSR count). The van der Waals surface area contributed by atoms with Crippen LogP contribution in [0.5, 0.6) is 0 Å². The van der Waals surface area contributed by atoms with Crippen molar-refractivity contribution in [3.05, 3.63) is 56.5 Å². The summed E-state index contributed by atoms with van der Waals surface area (Å²) in [5.41, 5.74) is 1.22. The maximum Gasteiger partial charge on any atom is 0.261 e. The van der Waals surface area contributed by atoms with Crippen molar-refractivity contribution in [3.8, 4) is 0 Å². The third-order valence-corrected chi connectivity index (χ3v) is 5.76. The van der Waals surface area contributed by atoms with Gasteiger partial charge in [0.25, 0.3) is 10.0 Å². The summed E-state index contributed by atoms with van der Waals surface area (Å²) in [5, 5.41) is 0.410. The Morgan fingerprint density at radius 3 is 2.20 bits per heavy atom. The van der Waals surface area contributed by atoms with Crippen LogP contribution in [0.2, 0.25) is 10.0 Å². The lowest BCUT2D eigenvalue weighted by atomic mass is 10.2. The van der Waals surface area contributed by atoms with Crippen molar-refractivity contribution in [1.82, 2.24) is 0 Å². The summed E-state index contributed by atoms with van der Waals surface area (Å²) >= 11 is 15.2. The molecule has 0 saturated heterocycles. The van der Waals surface area contributed by atoms with Crippen LogP contribution in [0.15, 0.2) is 45.8 Å². The lowest BCUT2D eigenvalue weighted by Crippen LogP contribution is -2.13. The number of nitrogens with one attached hydrogen (secondary N) is 1. The molecule has 1 N–H and O–H groups in total. The minimum Gasteiger partial charge on any atom is -0.278 e. The maximum atomic E-state index is 12.2. The highest BCUT2D eigenvalue weighted by molar-refractivity contribution is 9.10. The maximum absolute atomic E-state index is 12.2. The van der Waals surface area contributed by atoms with Crippen LogP contribution in [0, 0.1) is 6.92 Å². The van der Waals surface area contributed by atoms with Gasteiger partial charge >= 0.3 is 0 Å². The van der Waals surface area contributed by atoms with Crippen molar-refractivity contribution in [2.45, 2.75) is 11.8 Å². The molecule has 0 radical (unpaired) electrons. The molecule has 0 aliphatic rings. The Morgan fingerprint density at radius 1 is 1.00 bits per heavy atom. The number of hydrogen-bond donors (Lipinski definition) is 1. The third-order valence-electron chi connectivity index (χ3n) is 2.61. The Morgan fingerprint density at radius 2 is 1.60 bits per heavy atom. The van der Waals surface area contributed by atoms with Gasteiger partial charge in [0, 0.05) is 4.47 Å². The first-order valence-corrected chi connectivity index (χ1v) is 8.57. The summed E-state index contributed by atoms with van der Waals surface area (Å²) in [7, 11) is -3.69. The molecular weight excluding hydrogens is 385 g/mol. The van der Waals surface area contributed by atoms with Crippen molar-refractivity contribution >= 4 is 54.8 Å². The van der Waals surface area contributed by atoms with E-state index >= 15 is 0 Å².